The van der Waals surface area contributed by atoms with Crippen LogP contribution < -0.4 is 10.2 Å². The Labute approximate surface area is 128 Å². The molecule has 0 aromatic carbocycles. The van der Waals surface area contributed by atoms with E-state index in [4.69, 9.17) is 4.74 Å². The van der Waals surface area contributed by atoms with Crippen LogP contribution in [0.1, 0.15) is 44.6 Å². The fraction of sp³-hybridized carbons (Fsp3) is 0.706. The lowest BCUT2D eigenvalue weighted by molar-refractivity contribution is 0.199. The van der Waals surface area contributed by atoms with Crippen LogP contribution in [0.25, 0.3) is 0 Å². The Kier molecular flexibility index (Phi) is 6.96. The van der Waals surface area contributed by atoms with Gasteiger partial charge in [0.25, 0.3) is 0 Å². The minimum atomic E-state index is 0.682. The molecular formula is C17H29N3O. The quantitative estimate of drug-likeness (QED) is 0.747. The van der Waals surface area contributed by atoms with E-state index in [9.17, 15) is 0 Å². The molecule has 0 amide bonds. The Bertz CT molecular complexity index is 388. The first-order valence-electron chi connectivity index (χ1n) is 8.26. The Morgan fingerprint density at radius 1 is 1.29 bits per heavy atom. The second kappa shape index (κ2) is 9.00. The van der Waals surface area contributed by atoms with Crippen molar-refractivity contribution in [2.45, 2.75) is 51.6 Å². The predicted molar refractivity (Wildman–Crippen MR) is 87.7 cm³/mol. The zero-order chi connectivity index (χ0) is 14.9. The maximum atomic E-state index is 5.03. The summed E-state index contributed by atoms with van der Waals surface area (Å²) in [5.74, 6) is 1.13. The summed E-state index contributed by atoms with van der Waals surface area (Å²) in [6.07, 6.45) is 8.76. The average Bonchev–Trinajstić information content (AvgIpc) is 2.55. The highest BCUT2D eigenvalue weighted by molar-refractivity contribution is 5.40. The van der Waals surface area contributed by atoms with Gasteiger partial charge in [-0.3, -0.25) is 0 Å². The molecule has 21 heavy (non-hydrogen) atoms. The van der Waals surface area contributed by atoms with Gasteiger partial charge in [-0.2, -0.15) is 0 Å². The van der Waals surface area contributed by atoms with E-state index in [2.05, 4.69) is 34.3 Å². The van der Waals surface area contributed by atoms with Gasteiger partial charge < -0.3 is 15.0 Å². The van der Waals surface area contributed by atoms with Crippen LogP contribution in [-0.4, -0.2) is 37.8 Å². The second-order valence-corrected chi connectivity index (χ2v) is 5.77. The largest absolute Gasteiger partial charge is 0.383 e. The Balaban J connectivity index is 1.89. The van der Waals surface area contributed by atoms with Crippen LogP contribution in [-0.2, 0) is 11.3 Å². The molecule has 0 spiro atoms. The van der Waals surface area contributed by atoms with Gasteiger partial charge in [-0.1, -0.05) is 25.3 Å². The van der Waals surface area contributed by atoms with E-state index in [-0.39, 0.29) is 0 Å². The molecule has 1 N–H and O–H groups in total. The summed E-state index contributed by atoms with van der Waals surface area (Å²) >= 11 is 0. The number of rotatable bonds is 8. The Morgan fingerprint density at radius 3 is 2.71 bits per heavy atom. The van der Waals surface area contributed by atoms with E-state index in [0.29, 0.717) is 6.04 Å². The van der Waals surface area contributed by atoms with Crippen molar-refractivity contribution in [3.63, 3.8) is 0 Å². The van der Waals surface area contributed by atoms with Gasteiger partial charge >= 0.3 is 0 Å². The maximum Gasteiger partial charge on any atom is 0.128 e. The third-order valence-electron chi connectivity index (χ3n) is 4.27. The molecule has 4 heteroatoms. The number of ether oxygens (including phenoxy) is 1. The van der Waals surface area contributed by atoms with E-state index in [1.165, 1.54) is 37.7 Å². The fourth-order valence-electron chi connectivity index (χ4n) is 3.10. The van der Waals surface area contributed by atoms with Crippen LogP contribution in [0.4, 0.5) is 5.82 Å². The van der Waals surface area contributed by atoms with Crippen molar-refractivity contribution in [3.8, 4) is 0 Å². The summed E-state index contributed by atoms with van der Waals surface area (Å²) in [5, 5.41) is 3.35. The topological polar surface area (TPSA) is 37.4 Å². The highest BCUT2D eigenvalue weighted by Gasteiger charge is 2.20. The number of nitrogens with one attached hydrogen (secondary N) is 1. The van der Waals surface area contributed by atoms with Crippen molar-refractivity contribution >= 4 is 5.82 Å². The normalized spacial score (nSPS) is 16.1. The number of hydrogen-bond acceptors (Lipinski definition) is 4. The van der Waals surface area contributed by atoms with Crippen LogP contribution in [0.5, 0.6) is 0 Å². The van der Waals surface area contributed by atoms with Crippen molar-refractivity contribution in [1.82, 2.24) is 10.3 Å². The Hall–Kier alpha value is -1.13. The van der Waals surface area contributed by atoms with Crippen molar-refractivity contribution in [2.24, 2.45) is 0 Å². The molecule has 1 saturated carbocycles. The Morgan fingerprint density at radius 2 is 2.10 bits per heavy atom. The number of anilines is 1. The molecule has 2 rings (SSSR count). The van der Waals surface area contributed by atoms with E-state index in [0.717, 1.165) is 32.1 Å². The first-order valence-corrected chi connectivity index (χ1v) is 8.26. The molecule has 118 valence electrons. The van der Waals surface area contributed by atoms with Crippen molar-refractivity contribution < 1.29 is 4.74 Å². The monoisotopic (exact) mass is 291 g/mol. The van der Waals surface area contributed by atoms with E-state index in [1.807, 2.05) is 6.20 Å². The summed E-state index contributed by atoms with van der Waals surface area (Å²) in [4.78, 5) is 7.15. The summed E-state index contributed by atoms with van der Waals surface area (Å²) in [5.41, 5.74) is 1.23. The van der Waals surface area contributed by atoms with Gasteiger partial charge in [-0.15, -0.1) is 0 Å². The smallest absolute Gasteiger partial charge is 0.128 e. The van der Waals surface area contributed by atoms with Gasteiger partial charge in [0.05, 0.1) is 6.61 Å². The molecule has 1 heterocycles. The molecule has 0 unspecified atom stereocenters. The molecule has 0 saturated heterocycles. The number of pyridine rings is 1. The van der Waals surface area contributed by atoms with Crippen LogP contribution >= 0.6 is 0 Å². The molecule has 1 aliphatic rings. The molecular weight excluding hydrogens is 262 g/mol. The third kappa shape index (κ3) is 4.97. The minimum Gasteiger partial charge on any atom is -0.383 e. The molecule has 0 atom stereocenters. The molecule has 0 aliphatic heterocycles. The highest BCUT2D eigenvalue weighted by Crippen LogP contribution is 2.26. The lowest BCUT2D eigenvalue weighted by atomic mass is 9.94. The fourth-order valence-corrected chi connectivity index (χ4v) is 3.10. The van der Waals surface area contributed by atoms with Gasteiger partial charge in [0.2, 0.25) is 0 Å². The van der Waals surface area contributed by atoms with Gasteiger partial charge in [0, 0.05) is 39.0 Å². The van der Waals surface area contributed by atoms with Crippen molar-refractivity contribution in [3.05, 3.63) is 23.9 Å². The van der Waals surface area contributed by atoms with Gasteiger partial charge in [0.15, 0.2) is 0 Å². The standard InChI is InChI=1S/C17H29N3O/c1-3-20(16-7-5-4-6-8-16)17-10-9-15(14-19-17)13-18-11-12-21-2/h9-10,14,16,18H,3-8,11-13H2,1-2H3. The van der Waals surface area contributed by atoms with Crippen LogP contribution in [0, 0.1) is 0 Å². The number of hydrogen-bond donors (Lipinski definition) is 1. The molecule has 0 bridgehead atoms. The summed E-state index contributed by atoms with van der Waals surface area (Å²) in [6.45, 7) is 5.75. The molecule has 0 radical (unpaired) electrons. The maximum absolute atomic E-state index is 5.03. The first-order chi connectivity index (χ1) is 10.3. The number of aromatic nitrogens is 1. The van der Waals surface area contributed by atoms with Gasteiger partial charge in [-0.25, -0.2) is 4.98 Å². The van der Waals surface area contributed by atoms with E-state index < -0.39 is 0 Å². The van der Waals surface area contributed by atoms with Crippen LogP contribution in [0.15, 0.2) is 18.3 Å². The van der Waals surface area contributed by atoms with Crippen molar-refractivity contribution in [2.75, 3.05) is 31.7 Å². The predicted octanol–water partition coefficient (Wildman–Crippen LogP) is 2.98. The van der Waals surface area contributed by atoms with Gasteiger partial charge in [0.1, 0.15) is 5.82 Å². The highest BCUT2D eigenvalue weighted by atomic mass is 16.5. The second-order valence-electron chi connectivity index (χ2n) is 5.77. The van der Waals surface area contributed by atoms with E-state index in [1.54, 1.807) is 7.11 Å². The summed E-state index contributed by atoms with van der Waals surface area (Å²) in [7, 11) is 1.72. The SMILES string of the molecule is CCN(c1ccc(CNCCOC)cn1)C1CCCCC1. The molecule has 4 nitrogen and oxygen atoms in total. The summed E-state index contributed by atoms with van der Waals surface area (Å²) < 4.78 is 5.03. The molecule has 1 aromatic heterocycles. The average molecular weight is 291 g/mol. The van der Waals surface area contributed by atoms with Gasteiger partial charge in [-0.05, 0) is 31.4 Å². The first kappa shape index (κ1) is 16.2. The third-order valence-corrected chi connectivity index (χ3v) is 4.27. The van der Waals surface area contributed by atoms with Crippen molar-refractivity contribution in [1.29, 1.82) is 0 Å². The van der Waals surface area contributed by atoms with E-state index >= 15 is 0 Å². The lowest BCUT2D eigenvalue weighted by Gasteiger charge is -2.34. The number of nitrogens with zero attached hydrogens (tertiary/aromatic N) is 2. The molecule has 1 fully saturated rings. The summed E-state index contributed by atoms with van der Waals surface area (Å²) in [6, 6.07) is 5.04. The minimum absolute atomic E-state index is 0.682. The zero-order valence-corrected chi connectivity index (χ0v) is 13.5. The number of methoxy groups -OCH3 is 1. The molecule has 1 aliphatic carbocycles. The molecule has 1 aromatic rings. The van der Waals surface area contributed by atoms with Crippen LogP contribution in [0.2, 0.25) is 0 Å². The van der Waals surface area contributed by atoms with Crippen LogP contribution in [0.3, 0.4) is 0 Å². The lowest BCUT2D eigenvalue weighted by Crippen LogP contribution is -2.37. The zero-order valence-electron chi connectivity index (χ0n) is 13.5.